The molecule has 2 heterocycles. The summed E-state index contributed by atoms with van der Waals surface area (Å²) in [6.45, 7) is 1.94. The number of benzene rings is 1. The smallest absolute Gasteiger partial charge is 0.248 e. The number of furan rings is 1. The highest BCUT2D eigenvalue weighted by Gasteiger charge is 2.17. The van der Waals surface area contributed by atoms with Crippen molar-refractivity contribution in [3.05, 3.63) is 58.3 Å². The van der Waals surface area contributed by atoms with Crippen LogP contribution in [-0.2, 0) is 0 Å². The van der Waals surface area contributed by atoms with E-state index in [1.165, 1.54) is 18.6 Å². The molecule has 0 saturated carbocycles. The quantitative estimate of drug-likeness (QED) is 0.679. The van der Waals surface area contributed by atoms with Crippen LogP contribution in [-0.4, -0.2) is 15.8 Å². The maximum absolute atomic E-state index is 12.2. The van der Waals surface area contributed by atoms with Gasteiger partial charge in [-0.05, 0) is 30.7 Å². The van der Waals surface area contributed by atoms with E-state index >= 15 is 0 Å². The highest BCUT2D eigenvalue weighted by molar-refractivity contribution is 9.10. The van der Waals surface area contributed by atoms with E-state index in [1.54, 1.807) is 6.07 Å². The van der Waals surface area contributed by atoms with Gasteiger partial charge in [-0.25, -0.2) is 4.98 Å². The number of hydrogen-bond donors (Lipinski definition) is 0. The predicted octanol–water partition coefficient (Wildman–Crippen LogP) is 3.52. The van der Waals surface area contributed by atoms with Crippen LogP contribution >= 0.6 is 15.9 Å². The van der Waals surface area contributed by atoms with E-state index in [0.29, 0.717) is 0 Å². The molecule has 0 spiro atoms. The molecule has 94 valence electrons. The van der Waals surface area contributed by atoms with Gasteiger partial charge >= 0.3 is 0 Å². The Balaban J connectivity index is 2.12. The zero-order valence-corrected chi connectivity index (χ0v) is 11.6. The van der Waals surface area contributed by atoms with E-state index < -0.39 is 0 Å². The first kappa shape index (κ1) is 12.0. The lowest BCUT2D eigenvalue weighted by Crippen LogP contribution is -2.02. The molecule has 0 aliphatic heterocycles. The normalized spacial score (nSPS) is 10.8. The summed E-state index contributed by atoms with van der Waals surface area (Å²) < 4.78 is 6.59. The molecule has 0 saturated heterocycles. The molecule has 0 radical (unpaired) electrons. The minimum absolute atomic E-state index is 0.264. The van der Waals surface area contributed by atoms with E-state index in [0.717, 1.165) is 21.0 Å². The van der Waals surface area contributed by atoms with Crippen LogP contribution in [0, 0.1) is 6.92 Å². The number of fused-ring (bicyclic) bond motifs is 1. The highest BCUT2D eigenvalue weighted by atomic mass is 79.9. The Bertz CT molecular complexity index is 766. The Labute approximate surface area is 117 Å². The van der Waals surface area contributed by atoms with Crippen LogP contribution in [0.3, 0.4) is 0 Å². The third-order valence-electron chi connectivity index (χ3n) is 2.79. The fraction of sp³-hybridized carbons (Fsp3) is 0.0714. The zero-order chi connectivity index (χ0) is 13.4. The number of rotatable bonds is 2. The number of aryl methyl sites for hydroxylation is 1. The molecule has 1 aromatic carbocycles. The molecule has 3 rings (SSSR count). The largest absolute Gasteiger partial charge is 0.452 e. The van der Waals surface area contributed by atoms with Gasteiger partial charge in [-0.2, -0.15) is 0 Å². The Hall–Kier alpha value is -2.01. The van der Waals surface area contributed by atoms with E-state index in [1.807, 2.05) is 19.1 Å². The zero-order valence-electron chi connectivity index (χ0n) is 10.1. The Morgan fingerprint density at radius 3 is 2.84 bits per heavy atom. The first-order valence-electron chi connectivity index (χ1n) is 5.65. The van der Waals surface area contributed by atoms with Crippen molar-refractivity contribution in [3.8, 4) is 0 Å². The molecule has 0 fully saturated rings. The summed E-state index contributed by atoms with van der Waals surface area (Å²) in [5.41, 5.74) is 1.97. The average molecular weight is 317 g/mol. The molecule has 0 aliphatic carbocycles. The van der Waals surface area contributed by atoms with Gasteiger partial charge in [0.25, 0.3) is 0 Å². The molecule has 0 N–H and O–H groups in total. The molecule has 0 bridgehead atoms. The van der Waals surface area contributed by atoms with Crippen LogP contribution in [0.1, 0.15) is 21.8 Å². The van der Waals surface area contributed by atoms with Crippen LogP contribution < -0.4 is 0 Å². The van der Waals surface area contributed by atoms with E-state index in [-0.39, 0.29) is 17.2 Å². The predicted molar refractivity (Wildman–Crippen MR) is 74.1 cm³/mol. The average Bonchev–Trinajstić information content (AvgIpc) is 2.83. The highest BCUT2D eigenvalue weighted by Crippen LogP contribution is 2.27. The van der Waals surface area contributed by atoms with Crippen molar-refractivity contribution in [3.63, 3.8) is 0 Å². The number of aromatic nitrogens is 2. The van der Waals surface area contributed by atoms with Crippen molar-refractivity contribution in [1.29, 1.82) is 0 Å². The lowest BCUT2D eigenvalue weighted by Gasteiger charge is -1.96. The summed E-state index contributed by atoms with van der Waals surface area (Å²) >= 11 is 3.43. The van der Waals surface area contributed by atoms with Gasteiger partial charge in [0.2, 0.25) is 5.78 Å². The fourth-order valence-corrected chi connectivity index (χ4v) is 2.53. The first-order chi connectivity index (χ1) is 9.15. The van der Waals surface area contributed by atoms with Crippen molar-refractivity contribution in [2.24, 2.45) is 0 Å². The topological polar surface area (TPSA) is 56.0 Å². The lowest BCUT2D eigenvalue weighted by molar-refractivity contribution is 0.101. The van der Waals surface area contributed by atoms with Crippen molar-refractivity contribution in [1.82, 2.24) is 9.97 Å². The van der Waals surface area contributed by atoms with Gasteiger partial charge in [-0.1, -0.05) is 15.9 Å². The number of carbonyl (C=O) groups is 1. The maximum atomic E-state index is 12.2. The number of carbonyl (C=O) groups excluding carboxylic acids is 1. The Kier molecular flexibility index (Phi) is 2.91. The van der Waals surface area contributed by atoms with Crippen LogP contribution in [0.5, 0.6) is 0 Å². The molecular weight excluding hydrogens is 308 g/mol. The minimum atomic E-state index is -0.264. The number of ketones is 1. The Morgan fingerprint density at radius 2 is 2.11 bits per heavy atom. The van der Waals surface area contributed by atoms with E-state index in [4.69, 9.17) is 4.42 Å². The molecule has 3 aromatic rings. The van der Waals surface area contributed by atoms with Crippen molar-refractivity contribution in [2.45, 2.75) is 6.92 Å². The molecule has 0 atom stereocenters. The monoisotopic (exact) mass is 316 g/mol. The summed E-state index contributed by atoms with van der Waals surface area (Å²) in [4.78, 5) is 20.1. The summed E-state index contributed by atoms with van der Waals surface area (Å²) in [6, 6.07) is 5.59. The van der Waals surface area contributed by atoms with Gasteiger partial charge in [0.05, 0.1) is 6.20 Å². The Morgan fingerprint density at radius 1 is 1.26 bits per heavy atom. The van der Waals surface area contributed by atoms with Crippen LogP contribution in [0.15, 0.2) is 45.7 Å². The lowest BCUT2D eigenvalue weighted by atomic mass is 10.1. The molecule has 0 amide bonds. The number of nitrogens with zero attached hydrogens (tertiary/aromatic N) is 2. The fourth-order valence-electron chi connectivity index (χ4n) is 1.94. The van der Waals surface area contributed by atoms with E-state index in [2.05, 4.69) is 25.9 Å². The van der Waals surface area contributed by atoms with Gasteiger partial charge < -0.3 is 4.42 Å². The standard InChI is InChI=1S/C14H9BrN2O2/c1-8-4-10(15)5-9-6-12(19-14(8)9)13(18)11-7-16-2-3-17-11/h2-7H,1H3. The van der Waals surface area contributed by atoms with Crippen molar-refractivity contribution in [2.75, 3.05) is 0 Å². The summed E-state index contributed by atoms with van der Waals surface area (Å²) in [7, 11) is 0. The molecule has 5 heteroatoms. The van der Waals surface area contributed by atoms with Gasteiger partial charge in [0.15, 0.2) is 5.76 Å². The number of hydrogen-bond acceptors (Lipinski definition) is 4. The second-order valence-electron chi connectivity index (χ2n) is 4.17. The molecule has 0 unspecified atom stereocenters. The van der Waals surface area contributed by atoms with Gasteiger partial charge in [0, 0.05) is 22.3 Å². The molecule has 0 aliphatic rings. The minimum Gasteiger partial charge on any atom is -0.452 e. The molecular formula is C14H9BrN2O2. The number of halogens is 1. The van der Waals surface area contributed by atoms with Crippen LogP contribution in [0.2, 0.25) is 0 Å². The van der Waals surface area contributed by atoms with Gasteiger partial charge in [-0.3, -0.25) is 9.78 Å². The molecule has 2 aromatic heterocycles. The third kappa shape index (κ3) is 2.17. The third-order valence-corrected chi connectivity index (χ3v) is 3.24. The van der Waals surface area contributed by atoms with Crippen LogP contribution in [0.25, 0.3) is 11.0 Å². The van der Waals surface area contributed by atoms with Gasteiger partial charge in [-0.15, -0.1) is 0 Å². The molecule has 4 nitrogen and oxygen atoms in total. The summed E-state index contributed by atoms with van der Waals surface area (Å²) in [5.74, 6) is 0.0107. The van der Waals surface area contributed by atoms with Crippen molar-refractivity contribution >= 4 is 32.7 Å². The second-order valence-corrected chi connectivity index (χ2v) is 5.09. The second kappa shape index (κ2) is 4.59. The first-order valence-corrected chi connectivity index (χ1v) is 6.45. The van der Waals surface area contributed by atoms with Crippen LogP contribution in [0.4, 0.5) is 0 Å². The summed E-state index contributed by atoms with van der Waals surface area (Å²) in [5, 5.41) is 0.888. The summed E-state index contributed by atoms with van der Waals surface area (Å²) in [6.07, 6.45) is 4.44. The van der Waals surface area contributed by atoms with Crippen molar-refractivity contribution < 1.29 is 9.21 Å². The molecule has 19 heavy (non-hydrogen) atoms. The SMILES string of the molecule is Cc1cc(Br)cc2cc(C(=O)c3cnccn3)oc12. The maximum Gasteiger partial charge on any atom is 0.248 e. The van der Waals surface area contributed by atoms with E-state index in [9.17, 15) is 4.79 Å². The van der Waals surface area contributed by atoms with Gasteiger partial charge in [0.1, 0.15) is 11.3 Å².